The minimum atomic E-state index is 0.724. The first-order chi connectivity index (χ1) is 6.22. The summed E-state index contributed by atoms with van der Waals surface area (Å²) < 4.78 is 0. The number of fused-ring (bicyclic) bond motifs is 2. The van der Waals surface area contributed by atoms with Crippen LogP contribution in [0.2, 0.25) is 0 Å². The molecule has 2 fully saturated rings. The van der Waals surface area contributed by atoms with Gasteiger partial charge >= 0.3 is 0 Å². The highest BCUT2D eigenvalue weighted by Crippen LogP contribution is 2.41. The maximum atomic E-state index is 5.83. The maximum Gasteiger partial charge on any atom is 0.00388 e. The molecule has 76 valence electrons. The minimum Gasteiger partial charge on any atom is -0.330 e. The lowest BCUT2D eigenvalue weighted by Crippen LogP contribution is -2.47. The predicted molar refractivity (Wildman–Crippen MR) is 55.5 cm³/mol. The van der Waals surface area contributed by atoms with E-state index in [1.807, 2.05) is 0 Å². The summed E-state index contributed by atoms with van der Waals surface area (Å²) in [7, 11) is 0. The summed E-state index contributed by atoms with van der Waals surface area (Å²) in [5.74, 6) is 2.66. The van der Waals surface area contributed by atoms with E-state index >= 15 is 0 Å². The first-order valence-corrected chi connectivity index (χ1v) is 5.66. The van der Waals surface area contributed by atoms with Gasteiger partial charge in [0.1, 0.15) is 0 Å². The van der Waals surface area contributed by atoms with Crippen LogP contribution in [0.3, 0.4) is 0 Å². The lowest BCUT2D eigenvalue weighted by molar-refractivity contribution is 0.0878. The molecule has 1 saturated carbocycles. The standard InChI is InChI=1S/C11H22N2/c1-8(2)13-6-9-3-4-10(7-13)11(9)5-12/h8-11H,3-7,12H2,1-2H3. The van der Waals surface area contributed by atoms with Crippen molar-refractivity contribution < 1.29 is 0 Å². The topological polar surface area (TPSA) is 29.3 Å². The number of hydrogen-bond donors (Lipinski definition) is 1. The molecule has 2 atom stereocenters. The van der Waals surface area contributed by atoms with E-state index in [0.29, 0.717) is 0 Å². The van der Waals surface area contributed by atoms with Gasteiger partial charge in [-0.1, -0.05) is 0 Å². The van der Waals surface area contributed by atoms with Crippen molar-refractivity contribution in [2.75, 3.05) is 19.6 Å². The molecule has 2 aliphatic rings. The fourth-order valence-electron chi connectivity index (χ4n) is 3.18. The van der Waals surface area contributed by atoms with Crippen LogP contribution in [-0.2, 0) is 0 Å². The summed E-state index contributed by atoms with van der Waals surface area (Å²) in [6.45, 7) is 8.14. The molecule has 0 spiro atoms. The summed E-state index contributed by atoms with van der Waals surface area (Å²) in [6.07, 6.45) is 2.85. The highest BCUT2D eigenvalue weighted by Gasteiger charge is 2.41. The zero-order chi connectivity index (χ0) is 9.42. The molecule has 0 aromatic carbocycles. The molecule has 0 radical (unpaired) electrons. The lowest BCUT2D eigenvalue weighted by atomic mass is 9.85. The van der Waals surface area contributed by atoms with Crippen LogP contribution >= 0.6 is 0 Å². The fourth-order valence-corrected chi connectivity index (χ4v) is 3.18. The molecule has 0 aromatic rings. The quantitative estimate of drug-likeness (QED) is 0.697. The second-order valence-corrected chi connectivity index (χ2v) is 5.04. The van der Waals surface area contributed by atoms with Crippen LogP contribution in [-0.4, -0.2) is 30.6 Å². The Bertz CT molecular complexity index is 165. The van der Waals surface area contributed by atoms with E-state index in [0.717, 1.165) is 30.3 Å². The highest BCUT2D eigenvalue weighted by molar-refractivity contribution is 4.93. The van der Waals surface area contributed by atoms with E-state index in [9.17, 15) is 0 Å². The normalized spacial score (nSPS) is 40.2. The van der Waals surface area contributed by atoms with Crippen molar-refractivity contribution in [2.24, 2.45) is 23.5 Å². The van der Waals surface area contributed by atoms with Crippen molar-refractivity contribution in [2.45, 2.75) is 32.7 Å². The van der Waals surface area contributed by atoms with Crippen molar-refractivity contribution >= 4 is 0 Å². The molecule has 1 heterocycles. The van der Waals surface area contributed by atoms with Crippen LogP contribution in [0.1, 0.15) is 26.7 Å². The summed E-state index contributed by atoms with van der Waals surface area (Å²) in [5, 5.41) is 0. The Hall–Kier alpha value is -0.0800. The predicted octanol–water partition coefficient (Wildman–Crippen LogP) is 1.31. The molecule has 1 aliphatic carbocycles. The van der Waals surface area contributed by atoms with Gasteiger partial charge < -0.3 is 10.6 Å². The van der Waals surface area contributed by atoms with Crippen LogP contribution < -0.4 is 5.73 Å². The number of hydrogen-bond acceptors (Lipinski definition) is 2. The Balaban J connectivity index is 2.02. The van der Waals surface area contributed by atoms with Crippen LogP contribution in [0, 0.1) is 17.8 Å². The van der Waals surface area contributed by atoms with Gasteiger partial charge in [0.2, 0.25) is 0 Å². The van der Waals surface area contributed by atoms with Gasteiger partial charge in [-0.05, 0) is 51.0 Å². The zero-order valence-electron chi connectivity index (χ0n) is 8.87. The second-order valence-electron chi connectivity index (χ2n) is 5.04. The average Bonchev–Trinajstić information content (AvgIpc) is 2.34. The van der Waals surface area contributed by atoms with Crippen LogP contribution in [0.4, 0.5) is 0 Å². The Kier molecular flexibility index (Phi) is 2.61. The van der Waals surface area contributed by atoms with E-state index in [2.05, 4.69) is 18.7 Å². The molecule has 0 aromatic heterocycles. The second kappa shape index (κ2) is 3.58. The van der Waals surface area contributed by atoms with Crippen molar-refractivity contribution in [3.8, 4) is 0 Å². The van der Waals surface area contributed by atoms with Crippen LogP contribution in [0.15, 0.2) is 0 Å². The molecule has 2 bridgehead atoms. The Morgan fingerprint density at radius 2 is 1.77 bits per heavy atom. The Morgan fingerprint density at radius 1 is 1.23 bits per heavy atom. The van der Waals surface area contributed by atoms with E-state index in [1.54, 1.807) is 0 Å². The SMILES string of the molecule is CC(C)N1CC2CCC(C1)C2CN. The van der Waals surface area contributed by atoms with Crippen LogP contribution in [0.25, 0.3) is 0 Å². The molecule has 0 amide bonds. The molecule has 2 nitrogen and oxygen atoms in total. The zero-order valence-corrected chi connectivity index (χ0v) is 8.87. The van der Waals surface area contributed by atoms with Crippen molar-refractivity contribution in [1.29, 1.82) is 0 Å². The third-order valence-corrected chi connectivity index (χ3v) is 4.06. The molecule has 2 N–H and O–H groups in total. The highest BCUT2D eigenvalue weighted by atomic mass is 15.2. The van der Waals surface area contributed by atoms with Gasteiger partial charge in [-0.2, -0.15) is 0 Å². The van der Waals surface area contributed by atoms with Crippen molar-refractivity contribution in [1.82, 2.24) is 4.90 Å². The van der Waals surface area contributed by atoms with Gasteiger partial charge in [-0.3, -0.25) is 0 Å². The van der Waals surface area contributed by atoms with Gasteiger partial charge in [-0.15, -0.1) is 0 Å². The number of rotatable bonds is 2. The molecule has 1 saturated heterocycles. The van der Waals surface area contributed by atoms with Gasteiger partial charge in [0, 0.05) is 19.1 Å². The average molecular weight is 182 g/mol. The monoisotopic (exact) mass is 182 g/mol. The summed E-state index contributed by atoms with van der Waals surface area (Å²) in [6, 6.07) is 0.724. The third-order valence-electron chi connectivity index (χ3n) is 4.06. The number of piperidine rings is 1. The lowest BCUT2D eigenvalue weighted by Gasteiger charge is -2.39. The minimum absolute atomic E-state index is 0.724. The third kappa shape index (κ3) is 1.62. The van der Waals surface area contributed by atoms with E-state index in [1.165, 1.54) is 25.9 Å². The first kappa shape index (κ1) is 9.47. The largest absolute Gasteiger partial charge is 0.330 e. The van der Waals surface area contributed by atoms with Crippen LogP contribution in [0.5, 0.6) is 0 Å². The summed E-state index contributed by atoms with van der Waals surface area (Å²) in [5.41, 5.74) is 5.83. The van der Waals surface area contributed by atoms with Crippen molar-refractivity contribution in [3.05, 3.63) is 0 Å². The fraction of sp³-hybridized carbons (Fsp3) is 1.00. The Labute approximate surface area is 81.5 Å². The van der Waals surface area contributed by atoms with E-state index in [4.69, 9.17) is 5.73 Å². The molecular formula is C11H22N2. The number of nitrogens with two attached hydrogens (primary N) is 1. The first-order valence-electron chi connectivity index (χ1n) is 5.66. The van der Waals surface area contributed by atoms with E-state index < -0.39 is 0 Å². The summed E-state index contributed by atoms with van der Waals surface area (Å²) in [4.78, 5) is 2.63. The molecule has 2 unspecified atom stereocenters. The van der Waals surface area contributed by atoms with Gasteiger partial charge in [0.25, 0.3) is 0 Å². The molecule has 2 heteroatoms. The molecular weight excluding hydrogens is 160 g/mol. The summed E-state index contributed by atoms with van der Waals surface area (Å²) >= 11 is 0. The van der Waals surface area contributed by atoms with Crippen molar-refractivity contribution in [3.63, 3.8) is 0 Å². The maximum absolute atomic E-state index is 5.83. The smallest absolute Gasteiger partial charge is 0.00388 e. The Morgan fingerprint density at radius 3 is 2.15 bits per heavy atom. The molecule has 13 heavy (non-hydrogen) atoms. The van der Waals surface area contributed by atoms with Gasteiger partial charge in [-0.25, -0.2) is 0 Å². The molecule has 2 rings (SSSR count). The molecule has 1 aliphatic heterocycles. The van der Waals surface area contributed by atoms with Gasteiger partial charge in [0.15, 0.2) is 0 Å². The number of likely N-dealkylation sites (tertiary alicyclic amines) is 1. The van der Waals surface area contributed by atoms with E-state index in [-0.39, 0.29) is 0 Å². The number of nitrogens with zero attached hydrogens (tertiary/aromatic N) is 1. The van der Waals surface area contributed by atoms with Gasteiger partial charge in [0.05, 0.1) is 0 Å².